The van der Waals surface area contributed by atoms with Crippen LogP contribution in [0.1, 0.15) is 52.1 Å². The molecule has 1 heterocycles. The Kier molecular flexibility index (Phi) is 6.27. The molecule has 0 aromatic carbocycles. The quantitative estimate of drug-likeness (QED) is 0.805. The van der Waals surface area contributed by atoms with Crippen LogP contribution in [0.5, 0.6) is 0 Å². The molecule has 102 valence electrons. The lowest BCUT2D eigenvalue weighted by molar-refractivity contribution is 0.357. The molecule has 0 spiro atoms. The first-order valence-electron chi connectivity index (χ1n) is 6.99. The molecule has 0 unspecified atom stereocenters. The van der Waals surface area contributed by atoms with Gasteiger partial charge in [-0.1, -0.05) is 27.7 Å². The molecule has 18 heavy (non-hydrogen) atoms. The Bertz CT molecular complexity index is 337. The van der Waals surface area contributed by atoms with Gasteiger partial charge >= 0.3 is 0 Å². The summed E-state index contributed by atoms with van der Waals surface area (Å²) in [6, 6.07) is 2.57. The summed E-state index contributed by atoms with van der Waals surface area (Å²) in [6.45, 7) is 11.9. The highest BCUT2D eigenvalue weighted by molar-refractivity contribution is 5.01. The third-order valence-electron chi connectivity index (χ3n) is 2.92. The summed E-state index contributed by atoms with van der Waals surface area (Å²) in [5.74, 6) is 2.31. The van der Waals surface area contributed by atoms with Crippen LogP contribution in [0.3, 0.4) is 0 Å². The van der Waals surface area contributed by atoms with E-state index >= 15 is 0 Å². The van der Waals surface area contributed by atoms with E-state index in [0.29, 0.717) is 6.04 Å². The van der Waals surface area contributed by atoms with Gasteiger partial charge in [0.25, 0.3) is 0 Å². The lowest BCUT2D eigenvalue weighted by atomic mass is 9.95. The van der Waals surface area contributed by atoms with Crippen LogP contribution in [0.15, 0.2) is 12.3 Å². The van der Waals surface area contributed by atoms with E-state index in [-0.39, 0.29) is 0 Å². The van der Waals surface area contributed by atoms with Gasteiger partial charge in [-0.25, -0.2) is 9.97 Å². The first kappa shape index (κ1) is 15.1. The van der Waals surface area contributed by atoms with Gasteiger partial charge in [0.2, 0.25) is 0 Å². The summed E-state index contributed by atoms with van der Waals surface area (Å²) in [7, 11) is 0. The summed E-state index contributed by atoms with van der Waals surface area (Å²) >= 11 is 0. The van der Waals surface area contributed by atoms with E-state index in [2.05, 4.69) is 43.0 Å². The Balaban J connectivity index is 2.50. The molecule has 0 aliphatic carbocycles. The van der Waals surface area contributed by atoms with Crippen molar-refractivity contribution in [1.82, 2.24) is 15.3 Å². The predicted octanol–water partition coefficient (Wildman–Crippen LogP) is 3.34. The monoisotopic (exact) mass is 249 g/mol. The summed E-state index contributed by atoms with van der Waals surface area (Å²) in [5.41, 5.74) is 1.08. The van der Waals surface area contributed by atoms with Gasteiger partial charge in [0.05, 0.1) is 5.69 Å². The van der Waals surface area contributed by atoms with Crippen molar-refractivity contribution in [2.45, 2.75) is 60.0 Å². The number of aromatic nitrogens is 2. The van der Waals surface area contributed by atoms with E-state index in [9.17, 15) is 0 Å². The van der Waals surface area contributed by atoms with Crippen LogP contribution < -0.4 is 5.32 Å². The van der Waals surface area contributed by atoms with Gasteiger partial charge in [0.1, 0.15) is 5.82 Å². The van der Waals surface area contributed by atoms with Crippen molar-refractivity contribution in [2.24, 2.45) is 11.8 Å². The molecule has 0 atom stereocenters. The molecule has 3 nitrogen and oxygen atoms in total. The van der Waals surface area contributed by atoms with Crippen molar-refractivity contribution in [1.29, 1.82) is 0 Å². The van der Waals surface area contributed by atoms with Crippen molar-refractivity contribution in [3.63, 3.8) is 0 Å². The Morgan fingerprint density at radius 1 is 1.11 bits per heavy atom. The lowest BCUT2D eigenvalue weighted by Gasteiger charge is -2.22. The van der Waals surface area contributed by atoms with E-state index in [4.69, 9.17) is 0 Å². The van der Waals surface area contributed by atoms with Crippen LogP contribution in [0.2, 0.25) is 0 Å². The number of nitrogens with zero attached hydrogens (tertiary/aromatic N) is 2. The molecule has 1 aromatic rings. The van der Waals surface area contributed by atoms with Crippen LogP contribution in [0, 0.1) is 18.8 Å². The highest BCUT2D eigenvalue weighted by atomic mass is 14.9. The fourth-order valence-electron chi connectivity index (χ4n) is 2.25. The van der Waals surface area contributed by atoms with Gasteiger partial charge in [-0.3, -0.25) is 0 Å². The highest BCUT2D eigenvalue weighted by Crippen LogP contribution is 2.13. The van der Waals surface area contributed by atoms with Crippen LogP contribution in [0.25, 0.3) is 0 Å². The minimum absolute atomic E-state index is 0.584. The van der Waals surface area contributed by atoms with Gasteiger partial charge < -0.3 is 5.32 Å². The zero-order valence-corrected chi connectivity index (χ0v) is 12.4. The largest absolute Gasteiger partial charge is 0.308 e. The molecule has 0 radical (unpaired) electrons. The second kappa shape index (κ2) is 7.47. The van der Waals surface area contributed by atoms with Crippen molar-refractivity contribution >= 4 is 0 Å². The zero-order valence-electron chi connectivity index (χ0n) is 12.4. The van der Waals surface area contributed by atoms with E-state index in [1.165, 1.54) is 12.8 Å². The van der Waals surface area contributed by atoms with Gasteiger partial charge in [0, 0.05) is 18.8 Å². The fourth-order valence-corrected chi connectivity index (χ4v) is 2.25. The standard InChI is InChI=1S/C15H27N3/c1-11(2)8-15(9-12(3)4)17-10-14-6-7-16-13(5)18-14/h6-7,11-12,15,17H,8-10H2,1-5H3. The highest BCUT2D eigenvalue weighted by Gasteiger charge is 2.12. The molecule has 0 aliphatic heterocycles. The molecule has 1 rings (SSSR count). The maximum Gasteiger partial charge on any atom is 0.125 e. The first-order valence-corrected chi connectivity index (χ1v) is 6.99. The van der Waals surface area contributed by atoms with Gasteiger partial charge in [0.15, 0.2) is 0 Å². The van der Waals surface area contributed by atoms with Gasteiger partial charge in [-0.2, -0.15) is 0 Å². The summed E-state index contributed by atoms with van der Waals surface area (Å²) in [6.07, 6.45) is 4.28. The minimum atomic E-state index is 0.584. The van der Waals surface area contributed by atoms with Crippen molar-refractivity contribution < 1.29 is 0 Å². The molecule has 1 aromatic heterocycles. The Labute approximate surface area is 111 Å². The predicted molar refractivity (Wildman–Crippen MR) is 76.3 cm³/mol. The van der Waals surface area contributed by atoms with Gasteiger partial charge in [-0.15, -0.1) is 0 Å². The third-order valence-corrected chi connectivity index (χ3v) is 2.92. The second-order valence-electron chi connectivity index (χ2n) is 5.93. The minimum Gasteiger partial charge on any atom is -0.308 e. The maximum absolute atomic E-state index is 4.43. The smallest absolute Gasteiger partial charge is 0.125 e. The molecule has 0 saturated carbocycles. The van der Waals surface area contributed by atoms with Crippen LogP contribution in [-0.4, -0.2) is 16.0 Å². The molecule has 0 aliphatic rings. The van der Waals surface area contributed by atoms with E-state index < -0.39 is 0 Å². The van der Waals surface area contributed by atoms with E-state index in [1.807, 2.05) is 19.2 Å². The third kappa shape index (κ3) is 6.10. The first-order chi connectivity index (χ1) is 8.47. The van der Waals surface area contributed by atoms with Crippen LogP contribution in [-0.2, 0) is 6.54 Å². The molecule has 0 bridgehead atoms. The summed E-state index contributed by atoms with van der Waals surface area (Å²) in [4.78, 5) is 8.55. The maximum atomic E-state index is 4.43. The zero-order chi connectivity index (χ0) is 13.5. The number of nitrogens with one attached hydrogen (secondary N) is 1. The molecule has 3 heteroatoms. The average molecular weight is 249 g/mol. The van der Waals surface area contributed by atoms with Crippen molar-refractivity contribution in [3.05, 3.63) is 23.8 Å². The Hall–Kier alpha value is -0.960. The topological polar surface area (TPSA) is 37.8 Å². The fraction of sp³-hybridized carbons (Fsp3) is 0.733. The van der Waals surface area contributed by atoms with E-state index in [0.717, 1.165) is 29.9 Å². The number of hydrogen-bond donors (Lipinski definition) is 1. The van der Waals surface area contributed by atoms with Crippen molar-refractivity contribution in [2.75, 3.05) is 0 Å². The van der Waals surface area contributed by atoms with Crippen molar-refractivity contribution in [3.8, 4) is 0 Å². The number of rotatable bonds is 7. The lowest BCUT2D eigenvalue weighted by Crippen LogP contribution is -2.31. The second-order valence-corrected chi connectivity index (χ2v) is 5.93. The number of hydrogen-bond acceptors (Lipinski definition) is 3. The normalized spacial score (nSPS) is 11.8. The number of aryl methyl sites for hydroxylation is 1. The molecule has 0 saturated heterocycles. The molecular weight excluding hydrogens is 222 g/mol. The molecule has 0 amide bonds. The molecule has 1 N–H and O–H groups in total. The summed E-state index contributed by atoms with van der Waals surface area (Å²) in [5, 5.41) is 3.64. The van der Waals surface area contributed by atoms with E-state index in [1.54, 1.807) is 0 Å². The van der Waals surface area contributed by atoms with Crippen LogP contribution in [0.4, 0.5) is 0 Å². The molecular formula is C15H27N3. The summed E-state index contributed by atoms with van der Waals surface area (Å²) < 4.78 is 0. The average Bonchev–Trinajstić information content (AvgIpc) is 2.24. The Morgan fingerprint density at radius 3 is 2.22 bits per heavy atom. The molecule has 0 fully saturated rings. The SMILES string of the molecule is Cc1nccc(CNC(CC(C)C)CC(C)C)n1. The Morgan fingerprint density at radius 2 is 1.72 bits per heavy atom. The van der Waals surface area contributed by atoms with Crippen LogP contribution >= 0.6 is 0 Å². The van der Waals surface area contributed by atoms with Gasteiger partial charge in [-0.05, 0) is 37.7 Å².